The minimum atomic E-state index is -0.268. The largest absolute Gasteiger partial charge is 0.475 e. The Morgan fingerprint density at radius 2 is 2.07 bits per heavy atom. The zero-order valence-corrected chi connectivity index (χ0v) is 16.3. The number of carbonyl (C=O) groups excluding carboxylic acids is 1. The van der Waals surface area contributed by atoms with E-state index in [0.717, 1.165) is 28.7 Å². The molecule has 0 aliphatic carbocycles. The number of fused-ring (bicyclic) bond motifs is 3. The maximum Gasteiger partial charge on any atom is 0.226 e. The van der Waals surface area contributed by atoms with Gasteiger partial charge in [0.1, 0.15) is 30.3 Å². The summed E-state index contributed by atoms with van der Waals surface area (Å²) in [5, 5.41) is 4.31. The lowest BCUT2D eigenvalue weighted by atomic mass is 10.00. The number of anilines is 1. The van der Waals surface area contributed by atoms with Crippen LogP contribution in [0.1, 0.15) is 19.9 Å². The van der Waals surface area contributed by atoms with E-state index >= 15 is 0 Å². The Labute approximate surface area is 167 Å². The van der Waals surface area contributed by atoms with Crippen LogP contribution in [0.2, 0.25) is 0 Å². The molecule has 0 atom stereocenters. The van der Waals surface area contributed by atoms with Crippen molar-refractivity contribution in [3.63, 3.8) is 0 Å². The van der Waals surface area contributed by atoms with Crippen LogP contribution >= 0.6 is 0 Å². The third kappa shape index (κ3) is 2.91. The highest BCUT2D eigenvalue weighted by Gasteiger charge is 2.33. The summed E-state index contributed by atoms with van der Waals surface area (Å²) in [6.07, 6.45) is 3.54. The van der Waals surface area contributed by atoms with E-state index in [9.17, 15) is 4.79 Å². The fourth-order valence-corrected chi connectivity index (χ4v) is 3.69. The average Bonchev–Trinajstić information content (AvgIpc) is 3.24. The lowest BCUT2D eigenvalue weighted by Gasteiger charge is -2.38. The number of carbonyl (C=O) groups is 1. The molecule has 29 heavy (non-hydrogen) atoms. The number of hydrogen-bond acceptors (Lipinski definition) is 7. The molecule has 5 heterocycles. The van der Waals surface area contributed by atoms with Gasteiger partial charge < -0.3 is 19.9 Å². The van der Waals surface area contributed by atoms with E-state index in [2.05, 4.69) is 33.5 Å². The highest BCUT2D eigenvalue weighted by molar-refractivity contribution is 5.80. The summed E-state index contributed by atoms with van der Waals surface area (Å²) in [4.78, 5) is 27.2. The van der Waals surface area contributed by atoms with Crippen molar-refractivity contribution in [2.45, 2.75) is 26.4 Å². The topological polar surface area (TPSA) is 117 Å². The van der Waals surface area contributed by atoms with Crippen molar-refractivity contribution < 1.29 is 9.53 Å². The van der Waals surface area contributed by atoms with E-state index in [4.69, 9.17) is 15.5 Å². The Morgan fingerprint density at radius 3 is 2.83 bits per heavy atom. The van der Waals surface area contributed by atoms with Crippen LogP contribution in [-0.2, 0) is 11.3 Å². The lowest BCUT2D eigenvalue weighted by Crippen LogP contribution is -2.52. The fraction of sp³-hybridized carbons (Fsp3) is 0.421. The van der Waals surface area contributed by atoms with Crippen molar-refractivity contribution in [1.29, 1.82) is 0 Å². The minimum absolute atomic E-state index is 0.115. The molecule has 0 unspecified atom stereocenters. The summed E-state index contributed by atoms with van der Waals surface area (Å²) >= 11 is 0. The zero-order valence-electron chi connectivity index (χ0n) is 16.3. The van der Waals surface area contributed by atoms with E-state index in [1.165, 1.54) is 0 Å². The van der Waals surface area contributed by atoms with Gasteiger partial charge in [0.05, 0.1) is 18.0 Å². The lowest BCUT2D eigenvalue weighted by molar-refractivity contribution is -0.122. The van der Waals surface area contributed by atoms with Gasteiger partial charge in [-0.3, -0.25) is 4.79 Å². The summed E-state index contributed by atoms with van der Waals surface area (Å²) < 4.78 is 9.82. The molecule has 0 spiro atoms. The standard InChI is InChI=1S/C19H22N8O2/c1-11(2)27-18(21-10-22-27)14-9-25-5-6-29-19-13(17(25)23-14)3-4-15(24-19)26-7-12(8-26)16(20)28/h3-4,9-12H,5-8H2,1-2H3,(H2,20,28). The number of imidazole rings is 1. The second kappa shape index (κ2) is 6.57. The number of rotatable bonds is 4. The van der Waals surface area contributed by atoms with Gasteiger partial charge in [-0.25, -0.2) is 14.6 Å². The van der Waals surface area contributed by atoms with Gasteiger partial charge in [-0.1, -0.05) is 0 Å². The number of pyridine rings is 1. The van der Waals surface area contributed by atoms with Gasteiger partial charge >= 0.3 is 0 Å². The van der Waals surface area contributed by atoms with Crippen LogP contribution in [-0.4, -0.2) is 54.9 Å². The predicted octanol–water partition coefficient (Wildman–Crippen LogP) is 1.10. The molecule has 2 aliphatic rings. The first-order valence-electron chi connectivity index (χ1n) is 9.67. The molecule has 0 saturated carbocycles. The molecule has 3 aromatic rings. The van der Waals surface area contributed by atoms with Crippen molar-refractivity contribution in [3.8, 4) is 28.8 Å². The molecule has 1 fully saturated rings. The molecule has 10 nitrogen and oxygen atoms in total. The van der Waals surface area contributed by atoms with Crippen LogP contribution in [0.15, 0.2) is 24.7 Å². The first kappa shape index (κ1) is 17.7. The summed E-state index contributed by atoms with van der Waals surface area (Å²) in [6.45, 7) is 6.46. The summed E-state index contributed by atoms with van der Waals surface area (Å²) in [5.74, 6) is 2.48. The maximum atomic E-state index is 11.3. The summed E-state index contributed by atoms with van der Waals surface area (Å²) in [7, 11) is 0. The first-order valence-corrected chi connectivity index (χ1v) is 9.67. The van der Waals surface area contributed by atoms with Crippen LogP contribution in [0.4, 0.5) is 5.82 Å². The van der Waals surface area contributed by atoms with Gasteiger partial charge in [0.25, 0.3) is 0 Å². The average molecular weight is 394 g/mol. The van der Waals surface area contributed by atoms with Gasteiger partial charge in [0.15, 0.2) is 5.82 Å². The third-order valence-electron chi connectivity index (χ3n) is 5.33. The maximum absolute atomic E-state index is 11.3. The molecule has 150 valence electrons. The van der Waals surface area contributed by atoms with Crippen LogP contribution in [0.3, 0.4) is 0 Å². The number of aromatic nitrogens is 6. The first-order chi connectivity index (χ1) is 14.0. The van der Waals surface area contributed by atoms with E-state index in [1.54, 1.807) is 6.33 Å². The van der Waals surface area contributed by atoms with Gasteiger partial charge in [-0.15, -0.1) is 0 Å². The van der Waals surface area contributed by atoms with Gasteiger partial charge in [0, 0.05) is 25.3 Å². The molecule has 5 rings (SSSR count). The molecule has 1 saturated heterocycles. The molecule has 2 N–H and O–H groups in total. The van der Waals surface area contributed by atoms with Gasteiger partial charge in [-0.2, -0.15) is 10.1 Å². The minimum Gasteiger partial charge on any atom is -0.475 e. The predicted molar refractivity (Wildman–Crippen MR) is 105 cm³/mol. The van der Waals surface area contributed by atoms with E-state index in [0.29, 0.717) is 32.1 Å². The zero-order chi connectivity index (χ0) is 20.1. The molecular weight excluding hydrogens is 372 g/mol. The number of primary amides is 1. The van der Waals surface area contributed by atoms with E-state index in [-0.39, 0.29) is 17.9 Å². The third-order valence-corrected chi connectivity index (χ3v) is 5.33. The molecule has 0 aromatic carbocycles. The van der Waals surface area contributed by atoms with Crippen LogP contribution in [0, 0.1) is 5.92 Å². The monoisotopic (exact) mass is 394 g/mol. The Bertz CT molecular complexity index is 1080. The Hall–Kier alpha value is -3.43. The van der Waals surface area contributed by atoms with Gasteiger partial charge in [-0.05, 0) is 26.0 Å². The summed E-state index contributed by atoms with van der Waals surface area (Å²) in [6, 6.07) is 4.09. The molecule has 0 bridgehead atoms. The molecule has 2 aliphatic heterocycles. The Balaban J connectivity index is 1.49. The SMILES string of the molecule is CC(C)n1ncnc1-c1cn2c(n1)-c1ccc(N3CC(C(N)=O)C3)nc1OCC2. The van der Waals surface area contributed by atoms with Crippen LogP contribution in [0.5, 0.6) is 5.88 Å². The molecule has 0 radical (unpaired) electrons. The Kier molecular flexibility index (Phi) is 4.00. The number of amides is 1. The second-order valence-electron chi connectivity index (χ2n) is 7.64. The summed E-state index contributed by atoms with van der Waals surface area (Å²) in [5.41, 5.74) is 6.97. The highest BCUT2D eigenvalue weighted by atomic mass is 16.5. The van der Waals surface area contributed by atoms with Crippen molar-refractivity contribution in [1.82, 2.24) is 29.3 Å². The molecular formula is C19H22N8O2. The van der Waals surface area contributed by atoms with Gasteiger partial charge in [0.2, 0.25) is 11.8 Å². The second-order valence-corrected chi connectivity index (χ2v) is 7.64. The van der Waals surface area contributed by atoms with Crippen molar-refractivity contribution in [2.75, 3.05) is 24.6 Å². The number of nitrogens with zero attached hydrogens (tertiary/aromatic N) is 7. The van der Waals surface area contributed by atoms with Crippen LogP contribution in [0.25, 0.3) is 22.9 Å². The quantitative estimate of drug-likeness (QED) is 0.704. The highest BCUT2D eigenvalue weighted by Crippen LogP contribution is 2.35. The number of ether oxygens (including phenoxy) is 1. The molecule has 3 aromatic heterocycles. The van der Waals surface area contributed by atoms with Crippen molar-refractivity contribution in [2.24, 2.45) is 11.7 Å². The van der Waals surface area contributed by atoms with E-state index in [1.807, 2.05) is 27.9 Å². The van der Waals surface area contributed by atoms with E-state index < -0.39 is 0 Å². The number of hydrogen-bond donors (Lipinski definition) is 1. The molecule has 1 amide bonds. The smallest absolute Gasteiger partial charge is 0.226 e. The van der Waals surface area contributed by atoms with Crippen molar-refractivity contribution in [3.05, 3.63) is 24.7 Å². The van der Waals surface area contributed by atoms with Crippen LogP contribution < -0.4 is 15.4 Å². The normalized spacial score (nSPS) is 16.0. The fourth-order valence-electron chi connectivity index (χ4n) is 3.69. The Morgan fingerprint density at radius 1 is 1.24 bits per heavy atom. The van der Waals surface area contributed by atoms with Crippen molar-refractivity contribution >= 4 is 11.7 Å². The number of nitrogens with two attached hydrogens (primary N) is 1. The molecule has 10 heteroatoms.